The second kappa shape index (κ2) is 8.91. The number of rotatable bonds is 4. The SMILES string of the molecule is Cc1c(C(=O)NNC(=O)OC(C)(C)C)c2ccc(OCc3ccccc3)cc2oc1=O. The van der Waals surface area contributed by atoms with E-state index in [1.807, 2.05) is 30.3 Å². The van der Waals surface area contributed by atoms with Gasteiger partial charge in [-0.05, 0) is 45.4 Å². The summed E-state index contributed by atoms with van der Waals surface area (Å²) in [6.45, 7) is 6.92. The zero-order valence-corrected chi connectivity index (χ0v) is 17.8. The minimum Gasteiger partial charge on any atom is -0.489 e. The monoisotopic (exact) mass is 424 g/mol. The third-order valence-electron chi connectivity index (χ3n) is 4.26. The van der Waals surface area contributed by atoms with E-state index in [4.69, 9.17) is 13.9 Å². The second-order valence-corrected chi connectivity index (χ2v) is 7.90. The molecule has 3 rings (SSSR count). The first-order chi connectivity index (χ1) is 14.6. The molecule has 1 aromatic heterocycles. The number of carbonyl (C=O) groups excluding carboxylic acids is 2. The lowest BCUT2D eigenvalue weighted by Gasteiger charge is -2.20. The average molecular weight is 424 g/mol. The lowest BCUT2D eigenvalue weighted by Crippen LogP contribution is -2.44. The van der Waals surface area contributed by atoms with Crippen LogP contribution in [0.4, 0.5) is 4.79 Å². The number of amides is 2. The summed E-state index contributed by atoms with van der Waals surface area (Å²) in [4.78, 5) is 36.8. The van der Waals surface area contributed by atoms with E-state index in [2.05, 4.69) is 10.9 Å². The molecule has 0 aliphatic heterocycles. The molecule has 0 aliphatic rings. The first-order valence-corrected chi connectivity index (χ1v) is 9.67. The van der Waals surface area contributed by atoms with E-state index in [9.17, 15) is 14.4 Å². The van der Waals surface area contributed by atoms with Crippen LogP contribution in [0, 0.1) is 6.92 Å². The molecule has 8 heteroatoms. The molecule has 0 fully saturated rings. The molecule has 31 heavy (non-hydrogen) atoms. The topological polar surface area (TPSA) is 107 Å². The van der Waals surface area contributed by atoms with Crippen LogP contribution in [-0.2, 0) is 11.3 Å². The van der Waals surface area contributed by atoms with Crippen LogP contribution in [0.3, 0.4) is 0 Å². The molecular weight excluding hydrogens is 400 g/mol. The Balaban J connectivity index is 1.82. The summed E-state index contributed by atoms with van der Waals surface area (Å²) in [5.41, 5.74) is 4.47. The lowest BCUT2D eigenvalue weighted by atomic mass is 10.0. The Bertz CT molecular complexity index is 1160. The van der Waals surface area contributed by atoms with E-state index in [1.54, 1.807) is 39.0 Å². The number of fused-ring (bicyclic) bond motifs is 1. The fourth-order valence-corrected chi connectivity index (χ4v) is 2.87. The van der Waals surface area contributed by atoms with Crippen LogP contribution in [-0.4, -0.2) is 17.6 Å². The van der Waals surface area contributed by atoms with Crippen LogP contribution < -0.4 is 21.2 Å². The van der Waals surface area contributed by atoms with Gasteiger partial charge in [-0.3, -0.25) is 10.2 Å². The molecule has 0 radical (unpaired) electrons. The first-order valence-electron chi connectivity index (χ1n) is 9.67. The molecule has 162 valence electrons. The van der Waals surface area contributed by atoms with E-state index in [0.717, 1.165) is 5.56 Å². The fourth-order valence-electron chi connectivity index (χ4n) is 2.87. The van der Waals surface area contributed by atoms with Crippen molar-refractivity contribution in [2.24, 2.45) is 0 Å². The Hall–Kier alpha value is -3.81. The molecule has 2 amide bonds. The van der Waals surface area contributed by atoms with Crippen molar-refractivity contribution >= 4 is 23.0 Å². The standard InChI is InChI=1S/C23H24N2O6/c1-14-19(20(26)24-25-22(28)31-23(2,3)4)17-11-10-16(12-18(17)30-21(14)27)29-13-15-8-6-5-7-9-15/h5-12H,13H2,1-4H3,(H,24,26)(H,25,28). The van der Waals surface area contributed by atoms with Gasteiger partial charge >= 0.3 is 11.7 Å². The molecule has 0 saturated carbocycles. The maximum absolute atomic E-state index is 12.7. The molecule has 0 spiro atoms. The summed E-state index contributed by atoms with van der Waals surface area (Å²) in [7, 11) is 0. The third-order valence-corrected chi connectivity index (χ3v) is 4.26. The third kappa shape index (κ3) is 5.63. The predicted molar refractivity (Wildman–Crippen MR) is 115 cm³/mol. The minimum absolute atomic E-state index is 0.0944. The van der Waals surface area contributed by atoms with Gasteiger partial charge < -0.3 is 13.9 Å². The zero-order valence-electron chi connectivity index (χ0n) is 17.8. The average Bonchev–Trinajstić information content (AvgIpc) is 2.71. The van der Waals surface area contributed by atoms with Crippen LogP contribution >= 0.6 is 0 Å². The number of nitrogens with one attached hydrogen (secondary N) is 2. The summed E-state index contributed by atoms with van der Waals surface area (Å²) < 4.78 is 16.2. The summed E-state index contributed by atoms with van der Waals surface area (Å²) in [5, 5.41) is 0.410. The Morgan fingerprint density at radius 1 is 1.03 bits per heavy atom. The van der Waals surface area contributed by atoms with Gasteiger partial charge in [0.1, 0.15) is 23.5 Å². The van der Waals surface area contributed by atoms with Crippen LogP contribution in [0.1, 0.15) is 42.3 Å². The lowest BCUT2D eigenvalue weighted by molar-refractivity contribution is 0.0483. The zero-order chi connectivity index (χ0) is 22.6. The van der Waals surface area contributed by atoms with E-state index in [-0.39, 0.29) is 16.7 Å². The van der Waals surface area contributed by atoms with Crippen LogP contribution in [0.25, 0.3) is 11.0 Å². The van der Waals surface area contributed by atoms with E-state index >= 15 is 0 Å². The fraction of sp³-hybridized carbons (Fsp3) is 0.261. The van der Waals surface area contributed by atoms with Gasteiger partial charge in [-0.1, -0.05) is 30.3 Å². The van der Waals surface area contributed by atoms with Crippen molar-refractivity contribution in [3.8, 4) is 5.75 Å². The van der Waals surface area contributed by atoms with Gasteiger partial charge in [0.25, 0.3) is 5.91 Å². The predicted octanol–water partition coefficient (Wildman–Crippen LogP) is 3.85. The van der Waals surface area contributed by atoms with Crippen molar-refractivity contribution in [3.05, 3.63) is 75.6 Å². The van der Waals surface area contributed by atoms with Crippen molar-refractivity contribution in [3.63, 3.8) is 0 Å². The van der Waals surface area contributed by atoms with Gasteiger partial charge in [0.15, 0.2) is 0 Å². The molecule has 2 N–H and O–H groups in total. The highest BCUT2D eigenvalue weighted by molar-refractivity contribution is 6.07. The number of benzene rings is 2. The Morgan fingerprint density at radius 3 is 2.42 bits per heavy atom. The van der Waals surface area contributed by atoms with Gasteiger partial charge in [0.2, 0.25) is 0 Å². The number of hydrogen-bond acceptors (Lipinski definition) is 6. The number of hydrogen-bond donors (Lipinski definition) is 2. The van der Waals surface area contributed by atoms with Gasteiger partial charge in [0.05, 0.1) is 5.56 Å². The first kappa shape index (κ1) is 21.9. The molecule has 0 aliphatic carbocycles. The number of hydrazine groups is 1. The highest BCUT2D eigenvalue weighted by Crippen LogP contribution is 2.25. The van der Waals surface area contributed by atoms with Crippen molar-refractivity contribution < 1.29 is 23.5 Å². The Kier molecular flexibility index (Phi) is 6.29. The van der Waals surface area contributed by atoms with E-state index < -0.39 is 23.2 Å². The van der Waals surface area contributed by atoms with Crippen molar-refractivity contribution in [2.45, 2.75) is 39.9 Å². The highest BCUT2D eigenvalue weighted by atomic mass is 16.6. The molecule has 1 heterocycles. The molecule has 0 saturated heterocycles. The van der Waals surface area contributed by atoms with Crippen molar-refractivity contribution in [1.82, 2.24) is 10.9 Å². The maximum Gasteiger partial charge on any atom is 0.426 e. The number of ether oxygens (including phenoxy) is 2. The molecule has 0 bridgehead atoms. The molecular formula is C23H24N2O6. The van der Waals surface area contributed by atoms with Crippen LogP contribution in [0.15, 0.2) is 57.7 Å². The summed E-state index contributed by atoms with van der Waals surface area (Å²) in [6.07, 6.45) is -0.817. The molecule has 0 atom stereocenters. The Labute approximate surface area is 179 Å². The smallest absolute Gasteiger partial charge is 0.426 e. The normalized spacial score (nSPS) is 11.1. The minimum atomic E-state index is -0.817. The van der Waals surface area contributed by atoms with E-state index in [1.165, 1.54) is 6.92 Å². The van der Waals surface area contributed by atoms with E-state index in [0.29, 0.717) is 17.7 Å². The van der Waals surface area contributed by atoms with Gasteiger partial charge in [-0.15, -0.1) is 0 Å². The van der Waals surface area contributed by atoms with Gasteiger partial charge in [-0.25, -0.2) is 15.0 Å². The summed E-state index contributed by atoms with van der Waals surface area (Å²) in [5.74, 6) is -0.180. The Morgan fingerprint density at radius 2 is 1.74 bits per heavy atom. The number of carbonyl (C=O) groups is 2. The van der Waals surface area contributed by atoms with Crippen molar-refractivity contribution in [2.75, 3.05) is 0 Å². The largest absolute Gasteiger partial charge is 0.489 e. The molecule has 3 aromatic rings. The van der Waals surface area contributed by atoms with Crippen molar-refractivity contribution in [1.29, 1.82) is 0 Å². The van der Waals surface area contributed by atoms with Crippen LogP contribution in [0.2, 0.25) is 0 Å². The molecule has 2 aromatic carbocycles. The van der Waals surface area contributed by atoms with Gasteiger partial charge in [-0.2, -0.15) is 0 Å². The maximum atomic E-state index is 12.7. The molecule has 0 unspecified atom stereocenters. The summed E-state index contributed by atoms with van der Waals surface area (Å²) >= 11 is 0. The molecule has 8 nitrogen and oxygen atoms in total. The quantitative estimate of drug-likeness (QED) is 0.487. The summed E-state index contributed by atoms with van der Waals surface area (Å²) in [6, 6.07) is 14.5. The van der Waals surface area contributed by atoms with Crippen LogP contribution in [0.5, 0.6) is 5.75 Å². The highest BCUT2D eigenvalue weighted by Gasteiger charge is 2.21. The second-order valence-electron chi connectivity index (χ2n) is 7.90. The van der Waals surface area contributed by atoms with Gasteiger partial charge in [0, 0.05) is 17.0 Å².